The standard InChI is InChI=1S/C24H29ClN8/c1-14-16(12-28-20-6-4-5-19(20)26)13-33(31-14)22-9-10-27-24(30-22)29-17-7-8-21-18(11-17)23(25)15(2)32(21)3/h7-11,13,19-20,28H,4-6,12,26H2,1-3H3,(H,27,29,30)/t19-,20-/m0/s1. The van der Waals surface area contributed by atoms with Crippen LogP contribution in [0.3, 0.4) is 0 Å². The van der Waals surface area contributed by atoms with Crippen LogP contribution in [0.25, 0.3) is 16.7 Å². The maximum atomic E-state index is 6.52. The number of aromatic nitrogens is 5. The molecule has 1 saturated carbocycles. The zero-order chi connectivity index (χ0) is 23.1. The summed E-state index contributed by atoms with van der Waals surface area (Å²) in [5.41, 5.74) is 11.3. The topological polar surface area (TPSA) is 98.6 Å². The van der Waals surface area contributed by atoms with E-state index in [0.717, 1.165) is 58.0 Å². The predicted molar refractivity (Wildman–Crippen MR) is 132 cm³/mol. The van der Waals surface area contributed by atoms with Crippen LogP contribution in [0.1, 0.15) is 36.2 Å². The maximum Gasteiger partial charge on any atom is 0.229 e. The Kier molecular flexibility index (Phi) is 5.82. The summed E-state index contributed by atoms with van der Waals surface area (Å²) in [4.78, 5) is 9.05. The molecule has 2 atom stereocenters. The Hall–Kier alpha value is -2.94. The highest BCUT2D eigenvalue weighted by atomic mass is 35.5. The largest absolute Gasteiger partial charge is 0.346 e. The number of benzene rings is 1. The molecular formula is C24H29ClN8. The van der Waals surface area contributed by atoms with Gasteiger partial charge in [-0.3, -0.25) is 0 Å². The van der Waals surface area contributed by atoms with Crippen molar-refractivity contribution in [1.82, 2.24) is 29.6 Å². The zero-order valence-electron chi connectivity index (χ0n) is 19.1. The highest BCUT2D eigenvalue weighted by Gasteiger charge is 2.23. The van der Waals surface area contributed by atoms with Crippen molar-refractivity contribution in [2.45, 2.75) is 51.7 Å². The van der Waals surface area contributed by atoms with Crippen molar-refractivity contribution in [2.24, 2.45) is 12.8 Å². The van der Waals surface area contributed by atoms with Gasteiger partial charge >= 0.3 is 0 Å². The van der Waals surface area contributed by atoms with E-state index in [4.69, 9.17) is 17.3 Å². The molecular weight excluding hydrogens is 436 g/mol. The van der Waals surface area contributed by atoms with Crippen LogP contribution >= 0.6 is 11.6 Å². The van der Waals surface area contributed by atoms with Gasteiger partial charge in [0.25, 0.3) is 0 Å². The number of anilines is 2. The molecule has 1 aromatic carbocycles. The quantitative estimate of drug-likeness (QED) is 0.396. The number of hydrogen-bond donors (Lipinski definition) is 3. The molecule has 9 heteroatoms. The predicted octanol–water partition coefficient (Wildman–Crippen LogP) is 4.14. The third-order valence-corrected chi connectivity index (χ3v) is 7.15. The summed E-state index contributed by atoms with van der Waals surface area (Å²) in [5, 5.41) is 13.3. The number of hydrogen-bond acceptors (Lipinski definition) is 6. The Morgan fingerprint density at radius 1 is 1.21 bits per heavy atom. The second-order valence-corrected chi connectivity index (χ2v) is 9.20. The van der Waals surface area contributed by atoms with Crippen molar-refractivity contribution in [2.75, 3.05) is 5.32 Å². The van der Waals surface area contributed by atoms with Gasteiger partial charge in [-0.05, 0) is 44.9 Å². The Morgan fingerprint density at radius 2 is 2.06 bits per heavy atom. The summed E-state index contributed by atoms with van der Waals surface area (Å²) in [7, 11) is 2.02. The molecule has 0 saturated heterocycles. The normalized spacial score (nSPS) is 18.3. The van der Waals surface area contributed by atoms with Crippen LogP contribution in [-0.2, 0) is 13.6 Å². The molecule has 1 fully saturated rings. The molecule has 1 aliphatic carbocycles. The Labute approximate surface area is 198 Å². The zero-order valence-corrected chi connectivity index (χ0v) is 19.9. The van der Waals surface area contributed by atoms with Crippen molar-refractivity contribution >= 4 is 34.1 Å². The fourth-order valence-corrected chi connectivity index (χ4v) is 4.82. The molecule has 3 aromatic heterocycles. The first-order valence-electron chi connectivity index (χ1n) is 11.3. The number of nitrogens with two attached hydrogens (primary N) is 1. The molecule has 172 valence electrons. The van der Waals surface area contributed by atoms with E-state index in [-0.39, 0.29) is 6.04 Å². The minimum Gasteiger partial charge on any atom is -0.346 e. The Morgan fingerprint density at radius 3 is 2.85 bits per heavy atom. The fourth-order valence-electron chi connectivity index (χ4n) is 4.54. The highest BCUT2D eigenvalue weighted by Crippen LogP contribution is 2.32. The van der Waals surface area contributed by atoms with Crippen molar-refractivity contribution in [1.29, 1.82) is 0 Å². The lowest BCUT2D eigenvalue weighted by Gasteiger charge is -2.16. The molecule has 0 amide bonds. The van der Waals surface area contributed by atoms with Gasteiger partial charge < -0.3 is 20.9 Å². The van der Waals surface area contributed by atoms with E-state index in [1.165, 1.54) is 6.42 Å². The molecule has 5 rings (SSSR count). The molecule has 4 N–H and O–H groups in total. The van der Waals surface area contributed by atoms with Gasteiger partial charge in [0.05, 0.1) is 10.7 Å². The van der Waals surface area contributed by atoms with Gasteiger partial charge in [0.1, 0.15) is 0 Å². The number of rotatable bonds is 6. The molecule has 0 spiro atoms. The van der Waals surface area contributed by atoms with Crippen LogP contribution in [0.5, 0.6) is 0 Å². The molecule has 0 radical (unpaired) electrons. The molecule has 0 unspecified atom stereocenters. The Bertz CT molecular complexity index is 1310. The van der Waals surface area contributed by atoms with Crippen LogP contribution in [0, 0.1) is 13.8 Å². The SMILES string of the molecule is Cc1nn(-c2ccnc(Nc3ccc4c(c3)c(Cl)c(C)n4C)n2)cc1CN[C@H]1CCC[C@@H]1N. The second-order valence-electron chi connectivity index (χ2n) is 8.82. The van der Waals surface area contributed by atoms with Gasteiger partial charge in [-0.2, -0.15) is 10.1 Å². The molecule has 0 aliphatic heterocycles. The molecule has 3 heterocycles. The monoisotopic (exact) mass is 464 g/mol. The van der Waals surface area contributed by atoms with Gasteiger partial charge in [-0.15, -0.1) is 0 Å². The smallest absolute Gasteiger partial charge is 0.229 e. The Balaban J connectivity index is 1.34. The van der Waals surface area contributed by atoms with Crippen LogP contribution in [0.4, 0.5) is 11.6 Å². The maximum absolute atomic E-state index is 6.52. The minimum absolute atomic E-state index is 0.241. The van der Waals surface area contributed by atoms with E-state index in [1.54, 1.807) is 10.9 Å². The first-order chi connectivity index (χ1) is 15.9. The average molecular weight is 465 g/mol. The van der Waals surface area contributed by atoms with E-state index in [1.807, 2.05) is 51.4 Å². The first-order valence-corrected chi connectivity index (χ1v) is 11.7. The van der Waals surface area contributed by atoms with Crippen molar-refractivity contribution < 1.29 is 0 Å². The van der Waals surface area contributed by atoms with Crippen LogP contribution < -0.4 is 16.4 Å². The van der Waals surface area contributed by atoms with E-state index in [9.17, 15) is 0 Å². The highest BCUT2D eigenvalue weighted by molar-refractivity contribution is 6.36. The number of nitrogens with zero attached hydrogens (tertiary/aromatic N) is 5. The van der Waals surface area contributed by atoms with Gasteiger partial charge in [-0.25, -0.2) is 9.67 Å². The summed E-state index contributed by atoms with van der Waals surface area (Å²) in [6.07, 6.45) is 7.17. The van der Waals surface area contributed by atoms with E-state index >= 15 is 0 Å². The lowest BCUT2D eigenvalue weighted by atomic mass is 10.1. The van der Waals surface area contributed by atoms with Crippen molar-refractivity contribution in [3.05, 3.63) is 58.6 Å². The summed E-state index contributed by atoms with van der Waals surface area (Å²) in [6.45, 7) is 4.78. The van der Waals surface area contributed by atoms with E-state index < -0.39 is 0 Å². The van der Waals surface area contributed by atoms with Crippen molar-refractivity contribution in [3.8, 4) is 5.82 Å². The van der Waals surface area contributed by atoms with Crippen LogP contribution in [0.2, 0.25) is 5.02 Å². The number of nitrogens with one attached hydrogen (secondary N) is 2. The molecule has 8 nitrogen and oxygen atoms in total. The molecule has 0 bridgehead atoms. The summed E-state index contributed by atoms with van der Waals surface area (Å²) < 4.78 is 3.89. The summed E-state index contributed by atoms with van der Waals surface area (Å²) >= 11 is 6.52. The van der Waals surface area contributed by atoms with Gasteiger partial charge in [0, 0.05) is 72.0 Å². The van der Waals surface area contributed by atoms with Gasteiger partial charge in [-0.1, -0.05) is 18.0 Å². The lowest BCUT2D eigenvalue weighted by molar-refractivity contribution is 0.475. The van der Waals surface area contributed by atoms with E-state index in [0.29, 0.717) is 17.8 Å². The number of fused-ring (bicyclic) bond motifs is 1. The summed E-state index contributed by atoms with van der Waals surface area (Å²) in [5.74, 6) is 1.20. The van der Waals surface area contributed by atoms with Gasteiger partial charge in [0.15, 0.2) is 5.82 Å². The van der Waals surface area contributed by atoms with Gasteiger partial charge in [0.2, 0.25) is 5.95 Å². The van der Waals surface area contributed by atoms with Crippen molar-refractivity contribution in [3.63, 3.8) is 0 Å². The van der Waals surface area contributed by atoms with Crippen LogP contribution in [-0.4, -0.2) is 36.4 Å². The minimum atomic E-state index is 0.241. The third-order valence-electron chi connectivity index (χ3n) is 6.67. The number of aryl methyl sites for hydroxylation is 2. The number of halogens is 1. The first kappa shape index (κ1) is 21.9. The third kappa shape index (κ3) is 4.21. The lowest BCUT2D eigenvalue weighted by Crippen LogP contribution is -2.40. The molecule has 1 aliphatic rings. The summed E-state index contributed by atoms with van der Waals surface area (Å²) in [6, 6.07) is 8.54. The van der Waals surface area contributed by atoms with E-state index in [2.05, 4.69) is 30.3 Å². The molecule has 4 aromatic rings. The fraction of sp³-hybridized carbons (Fsp3) is 0.375. The molecule has 33 heavy (non-hydrogen) atoms. The second kappa shape index (κ2) is 8.78. The van der Waals surface area contributed by atoms with Crippen LogP contribution in [0.15, 0.2) is 36.7 Å². The average Bonchev–Trinajstić information content (AvgIpc) is 3.46.